The Morgan fingerprint density at radius 3 is 2.62 bits per heavy atom. The smallest absolute Gasteiger partial charge is 0.270 e. The van der Waals surface area contributed by atoms with E-state index in [-0.39, 0.29) is 17.9 Å². The van der Waals surface area contributed by atoms with E-state index < -0.39 is 0 Å². The van der Waals surface area contributed by atoms with E-state index in [1.165, 1.54) is 24.8 Å². The number of nitrogens with zero attached hydrogens (tertiary/aromatic N) is 2. The summed E-state index contributed by atoms with van der Waals surface area (Å²) in [5, 5.41) is 4.36. The van der Waals surface area contributed by atoms with E-state index in [0.717, 1.165) is 25.1 Å². The fourth-order valence-electron chi connectivity index (χ4n) is 3.98. The summed E-state index contributed by atoms with van der Waals surface area (Å²) in [4.78, 5) is 14.7. The SMILES string of the molecule is O=C1C2=NN[C@@H](c3ccccc3)[C@@H]2CN1C1CCCCC1. The Bertz CT molecular complexity index is 563. The fraction of sp³-hybridized carbons (Fsp3) is 0.529. The average molecular weight is 283 g/mol. The Morgan fingerprint density at radius 2 is 1.86 bits per heavy atom. The van der Waals surface area contributed by atoms with Gasteiger partial charge in [0.05, 0.1) is 12.0 Å². The molecule has 2 atom stereocenters. The van der Waals surface area contributed by atoms with Crippen molar-refractivity contribution < 1.29 is 4.79 Å². The van der Waals surface area contributed by atoms with E-state index in [4.69, 9.17) is 0 Å². The lowest BCUT2D eigenvalue weighted by atomic mass is 9.92. The molecule has 21 heavy (non-hydrogen) atoms. The molecule has 110 valence electrons. The molecule has 4 rings (SSSR count). The Labute approximate surface area is 125 Å². The quantitative estimate of drug-likeness (QED) is 0.906. The molecule has 1 saturated carbocycles. The Kier molecular flexibility index (Phi) is 3.17. The predicted molar refractivity (Wildman–Crippen MR) is 81.8 cm³/mol. The Hall–Kier alpha value is -1.84. The minimum absolute atomic E-state index is 0.152. The number of carbonyl (C=O) groups excluding carboxylic acids is 1. The number of likely N-dealkylation sites (tertiary alicyclic amines) is 1. The molecule has 2 heterocycles. The first-order chi connectivity index (χ1) is 10.3. The van der Waals surface area contributed by atoms with Crippen molar-refractivity contribution in [3.8, 4) is 0 Å². The molecule has 1 amide bonds. The highest BCUT2D eigenvalue weighted by atomic mass is 16.2. The number of nitrogens with one attached hydrogen (secondary N) is 1. The third-order valence-electron chi connectivity index (χ3n) is 5.13. The first-order valence-corrected chi connectivity index (χ1v) is 8.03. The van der Waals surface area contributed by atoms with Crippen LogP contribution >= 0.6 is 0 Å². The molecule has 0 bridgehead atoms. The summed E-state index contributed by atoms with van der Waals surface area (Å²) in [5.74, 6) is 0.375. The Balaban J connectivity index is 1.55. The van der Waals surface area contributed by atoms with Gasteiger partial charge in [-0.05, 0) is 18.4 Å². The molecule has 1 aliphatic carbocycles. The second-order valence-corrected chi connectivity index (χ2v) is 6.37. The maximum Gasteiger partial charge on any atom is 0.270 e. The van der Waals surface area contributed by atoms with E-state index in [1.807, 2.05) is 18.2 Å². The summed E-state index contributed by atoms with van der Waals surface area (Å²) in [7, 11) is 0. The zero-order valence-corrected chi connectivity index (χ0v) is 12.2. The van der Waals surface area contributed by atoms with E-state index in [2.05, 4.69) is 27.6 Å². The number of hydrogen-bond donors (Lipinski definition) is 1. The number of hydrazone groups is 1. The largest absolute Gasteiger partial charge is 0.334 e. The van der Waals surface area contributed by atoms with Gasteiger partial charge in [-0.1, -0.05) is 49.6 Å². The first kappa shape index (κ1) is 12.9. The molecule has 2 fully saturated rings. The highest BCUT2D eigenvalue weighted by Gasteiger charge is 2.47. The predicted octanol–water partition coefficient (Wildman–Crippen LogP) is 2.48. The summed E-state index contributed by atoms with van der Waals surface area (Å²) in [5.41, 5.74) is 5.14. The van der Waals surface area contributed by atoms with Crippen LogP contribution in [0.3, 0.4) is 0 Å². The number of fused-ring (bicyclic) bond motifs is 1. The van der Waals surface area contributed by atoms with Crippen molar-refractivity contribution in [2.24, 2.45) is 11.0 Å². The number of hydrogen-bond acceptors (Lipinski definition) is 3. The van der Waals surface area contributed by atoms with Crippen molar-refractivity contribution in [1.29, 1.82) is 0 Å². The summed E-state index contributed by atoms with van der Waals surface area (Å²) in [6, 6.07) is 10.9. The van der Waals surface area contributed by atoms with Crippen molar-refractivity contribution >= 4 is 11.6 Å². The van der Waals surface area contributed by atoms with Gasteiger partial charge < -0.3 is 10.3 Å². The van der Waals surface area contributed by atoms with Gasteiger partial charge in [-0.25, -0.2) is 0 Å². The zero-order chi connectivity index (χ0) is 14.2. The van der Waals surface area contributed by atoms with Gasteiger partial charge in [0, 0.05) is 12.6 Å². The lowest BCUT2D eigenvalue weighted by Crippen LogP contribution is -2.39. The second-order valence-electron chi connectivity index (χ2n) is 6.37. The molecular formula is C17H21N3O. The standard InChI is InChI=1S/C17H21N3O/c21-17-16-14(11-20(17)13-9-5-2-6-10-13)15(18-19-16)12-7-3-1-4-8-12/h1,3-4,7-8,13-15,18H,2,5-6,9-11H2/t14-,15-/m0/s1. The van der Waals surface area contributed by atoms with Gasteiger partial charge in [-0.3, -0.25) is 4.79 Å². The van der Waals surface area contributed by atoms with Crippen molar-refractivity contribution in [1.82, 2.24) is 10.3 Å². The highest BCUT2D eigenvalue weighted by Crippen LogP contribution is 2.36. The number of amides is 1. The molecule has 4 heteroatoms. The summed E-state index contributed by atoms with van der Waals surface area (Å²) >= 11 is 0. The fourth-order valence-corrected chi connectivity index (χ4v) is 3.98. The molecule has 4 nitrogen and oxygen atoms in total. The van der Waals surface area contributed by atoms with Crippen molar-refractivity contribution in [3.63, 3.8) is 0 Å². The zero-order valence-electron chi connectivity index (χ0n) is 12.2. The van der Waals surface area contributed by atoms with Crippen LogP contribution in [-0.4, -0.2) is 29.1 Å². The van der Waals surface area contributed by atoms with E-state index in [9.17, 15) is 4.79 Å². The lowest BCUT2D eigenvalue weighted by Gasteiger charge is -2.31. The molecule has 0 radical (unpaired) electrons. The summed E-state index contributed by atoms with van der Waals surface area (Å²) < 4.78 is 0. The molecule has 2 aliphatic heterocycles. The first-order valence-electron chi connectivity index (χ1n) is 8.03. The van der Waals surface area contributed by atoms with Crippen LogP contribution in [0, 0.1) is 5.92 Å². The molecule has 0 spiro atoms. The maximum absolute atomic E-state index is 12.6. The molecule has 1 aromatic rings. The van der Waals surface area contributed by atoms with Crippen LogP contribution in [0.2, 0.25) is 0 Å². The van der Waals surface area contributed by atoms with E-state index in [1.54, 1.807) is 0 Å². The lowest BCUT2D eigenvalue weighted by molar-refractivity contribution is -0.125. The van der Waals surface area contributed by atoms with Crippen LogP contribution in [-0.2, 0) is 4.79 Å². The van der Waals surface area contributed by atoms with Gasteiger partial charge in [0.1, 0.15) is 5.71 Å². The van der Waals surface area contributed by atoms with E-state index >= 15 is 0 Å². The van der Waals surface area contributed by atoms with Gasteiger partial charge in [0.2, 0.25) is 0 Å². The van der Waals surface area contributed by atoms with Gasteiger partial charge in [-0.15, -0.1) is 0 Å². The minimum atomic E-state index is 0.152. The molecular weight excluding hydrogens is 262 g/mol. The van der Waals surface area contributed by atoms with Crippen LogP contribution in [0.15, 0.2) is 35.4 Å². The van der Waals surface area contributed by atoms with Crippen molar-refractivity contribution in [3.05, 3.63) is 35.9 Å². The number of carbonyl (C=O) groups is 1. The number of rotatable bonds is 2. The molecule has 1 N–H and O–H groups in total. The van der Waals surface area contributed by atoms with Crippen LogP contribution in [0.5, 0.6) is 0 Å². The van der Waals surface area contributed by atoms with Gasteiger partial charge in [0.15, 0.2) is 0 Å². The molecule has 0 aromatic heterocycles. The molecule has 3 aliphatic rings. The van der Waals surface area contributed by atoms with Crippen molar-refractivity contribution in [2.45, 2.75) is 44.2 Å². The third-order valence-corrected chi connectivity index (χ3v) is 5.13. The van der Waals surface area contributed by atoms with Crippen LogP contribution < -0.4 is 5.43 Å². The third kappa shape index (κ3) is 2.13. The van der Waals surface area contributed by atoms with Gasteiger partial charge in [-0.2, -0.15) is 5.10 Å². The molecule has 0 unspecified atom stereocenters. The summed E-state index contributed by atoms with van der Waals surface area (Å²) in [6.07, 6.45) is 6.15. The molecule has 1 saturated heterocycles. The van der Waals surface area contributed by atoms with Crippen LogP contribution in [0.25, 0.3) is 0 Å². The minimum Gasteiger partial charge on any atom is -0.334 e. The van der Waals surface area contributed by atoms with Gasteiger partial charge in [0.25, 0.3) is 5.91 Å². The maximum atomic E-state index is 12.6. The topological polar surface area (TPSA) is 44.7 Å². The highest BCUT2D eigenvalue weighted by molar-refractivity contribution is 6.42. The Morgan fingerprint density at radius 1 is 1.10 bits per heavy atom. The molecule has 1 aromatic carbocycles. The second kappa shape index (κ2) is 5.17. The van der Waals surface area contributed by atoms with Crippen molar-refractivity contribution in [2.75, 3.05) is 6.54 Å². The van der Waals surface area contributed by atoms with Crippen LogP contribution in [0.1, 0.15) is 43.7 Å². The monoisotopic (exact) mass is 283 g/mol. The van der Waals surface area contributed by atoms with E-state index in [0.29, 0.717) is 6.04 Å². The summed E-state index contributed by atoms with van der Waals surface area (Å²) in [6.45, 7) is 0.828. The number of benzene rings is 1. The van der Waals surface area contributed by atoms with Gasteiger partial charge >= 0.3 is 0 Å². The van der Waals surface area contributed by atoms with Crippen LogP contribution in [0.4, 0.5) is 0 Å². The average Bonchev–Trinajstić information content (AvgIpc) is 3.10. The normalized spacial score (nSPS) is 29.2.